The number of anilines is 2. The van der Waals surface area contributed by atoms with Crippen LogP contribution in [0.4, 0.5) is 17.1 Å². The van der Waals surface area contributed by atoms with Crippen LogP contribution in [-0.4, -0.2) is 72.2 Å². The fourth-order valence-electron chi connectivity index (χ4n) is 4.41. The lowest BCUT2D eigenvalue weighted by molar-refractivity contribution is -0.384. The summed E-state index contributed by atoms with van der Waals surface area (Å²) in [6.07, 6.45) is 2.35. The number of hydrogen-bond acceptors (Lipinski definition) is 8. The van der Waals surface area contributed by atoms with E-state index in [2.05, 4.69) is 0 Å². The normalized spacial score (nSPS) is 17.4. The Hall–Kier alpha value is -2.90. The van der Waals surface area contributed by atoms with Crippen molar-refractivity contribution in [2.45, 2.75) is 17.7 Å². The van der Waals surface area contributed by atoms with Crippen molar-refractivity contribution >= 4 is 37.1 Å². The first kappa shape index (κ1) is 24.2. The summed E-state index contributed by atoms with van der Waals surface area (Å²) >= 11 is 0. The lowest BCUT2D eigenvalue weighted by Gasteiger charge is -2.35. The van der Waals surface area contributed by atoms with Crippen LogP contribution in [0.2, 0.25) is 0 Å². The maximum Gasteiger partial charge on any atom is 0.296 e. The maximum absolute atomic E-state index is 13.3. The molecule has 0 radical (unpaired) electrons. The van der Waals surface area contributed by atoms with E-state index >= 15 is 0 Å². The van der Waals surface area contributed by atoms with Crippen molar-refractivity contribution in [2.75, 3.05) is 55.3 Å². The molecule has 0 aromatic heterocycles. The number of ether oxygens (including phenoxy) is 1. The number of sulfonamides is 2. The van der Waals surface area contributed by atoms with Crippen molar-refractivity contribution in [3.8, 4) is 5.75 Å². The number of benzene rings is 2. The molecule has 0 spiro atoms. The van der Waals surface area contributed by atoms with Gasteiger partial charge in [-0.15, -0.1) is 0 Å². The van der Waals surface area contributed by atoms with Crippen LogP contribution in [0.3, 0.4) is 0 Å². The van der Waals surface area contributed by atoms with Crippen LogP contribution in [-0.2, 0) is 26.5 Å². The Morgan fingerprint density at radius 2 is 1.62 bits per heavy atom. The van der Waals surface area contributed by atoms with Gasteiger partial charge in [-0.2, -0.15) is 4.31 Å². The van der Waals surface area contributed by atoms with Gasteiger partial charge in [-0.05, 0) is 48.7 Å². The zero-order valence-electron chi connectivity index (χ0n) is 18.9. The van der Waals surface area contributed by atoms with Gasteiger partial charge < -0.3 is 9.64 Å². The van der Waals surface area contributed by atoms with Crippen molar-refractivity contribution in [1.29, 1.82) is 0 Å². The summed E-state index contributed by atoms with van der Waals surface area (Å²) < 4.78 is 58.5. The molecule has 0 atom stereocenters. The smallest absolute Gasteiger partial charge is 0.296 e. The van der Waals surface area contributed by atoms with Crippen LogP contribution in [0.25, 0.3) is 0 Å². The highest BCUT2D eigenvalue weighted by molar-refractivity contribution is 7.92. The number of nitro benzene ring substituents is 1. The first-order valence-electron chi connectivity index (χ1n) is 10.7. The van der Waals surface area contributed by atoms with Crippen molar-refractivity contribution in [1.82, 2.24) is 4.31 Å². The lowest BCUT2D eigenvalue weighted by atomic mass is 10.0. The Labute approximate surface area is 198 Å². The molecule has 2 aromatic carbocycles. The molecule has 1 saturated heterocycles. The predicted molar refractivity (Wildman–Crippen MR) is 128 cm³/mol. The second-order valence-electron chi connectivity index (χ2n) is 8.23. The van der Waals surface area contributed by atoms with Gasteiger partial charge in [0.25, 0.3) is 5.69 Å². The molecule has 4 rings (SSSR count). The number of piperazine rings is 1. The third-order valence-corrected chi connectivity index (χ3v) is 9.20. The second kappa shape index (κ2) is 9.04. The third-order valence-electron chi connectivity index (χ3n) is 6.12. The number of nitro groups is 1. The topological polar surface area (TPSA) is 130 Å². The largest absolute Gasteiger partial charge is 0.496 e. The molecular weight excluding hydrogens is 484 g/mol. The maximum atomic E-state index is 13.3. The Kier molecular flexibility index (Phi) is 6.44. The number of rotatable bonds is 6. The van der Waals surface area contributed by atoms with Gasteiger partial charge in [0.2, 0.25) is 20.0 Å². The molecule has 0 aliphatic carbocycles. The molecule has 2 aliphatic rings. The number of methoxy groups -OCH3 is 1. The minimum Gasteiger partial charge on any atom is -0.496 e. The van der Waals surface area contributed by atoms with Gasteiger partial charge >= 0.3 is 0 Å². The van der Waals surface area contributed by atoms with E-state index in [4.69, 9.17) is 4.74 Å². The molecule has 11 nitrogen and oxygen atoms in total. The molecule has 0 saturated carbocycles. The van der Waals surface area contributed by atoms with Crippen molar-refractivity contribution < 1.29 is 26.5 Å². The average Bonchev–Trinajstić information content (AvgIpc) is 2.82. The fourth-order valence-corrected chi connectivity index (χ4v) is 6.88. The summed E-state index contributed by atoms with van der Waals surface area (Å²) in [4.78, 5) is 12.9. The molecule has 0 N–H and O–H groups in total. The van der Waals surface area contributed by atoms with E-state index in [1.807, 2.05) is 0 Å². The molecule has 1 fully saturated rings. The minimum atomic E-state index is -3.81. The van der Waals surface area contributed by atoms with Crippen LogP contribution in [0.1, 0.15) is 12.0 Å². The number of aryl methyl sites for hydroxylation is 1. The Balaban J connectivity index is 1.54. The average molecular weight is 511 g/mol. The zero-order valence-corrected chi connectivity index (χ0v) is 20.5. The lowest BCUT2D eigenvalue weighted by Crippen LogP contribution is -2.48. The molecule has 0 amide bonds. The van der Waals surface area contributed by atoms with Crippen LogP contribution in [0.5, 0.6) is 5.75 Å². The van der Waals surface area contributed by atoms with Crippen molar-refractivity contribution in [3.63, 3.8) is 0 Å². The minimum absolute atomic E-state index is 0.0965. The van der Waals surface area contributed by atoms with Gasteiger partial charge in [0, 0.05) is 32.7 Å². The van der Waals surface area contributed by atoms with E-state index in [0.29, 0.717) is 55.2 Å². The second-order valence-corrected chi connectivity index (χ2v) is 12.1. The standard InChI is InChI=1S/C21H26N4O7S2/c1-32-17-5-7-20(21(15-17)25(26)27)22-10-12-23(13-11-22)34(30,31)18-6-8-19-16(14-18)4-3-9-24(19)33(2,28)29/h5-8,14-15H,3-4,9-13H2,1-2H3. The van der Waals surface area contributed by atoms with Crippen molar-refractivity contribution in [2.24, 2.45) is 0 Å². The molecule has 34 heavy (non-hydrogen) atoms. The van der Waals surface area contributed by atoms with E-state index in [9.17, 15) is 26.9 Å². The van der Waals surface area contributed by atoms with Gasteiger partial charge in [0.1, 0.15) is 11.4 Å². The summed E-state index contributed by atoms with van der Waals surface area (Å²) in [5, 5.41) is 11.5. The van der Waals surface area contributed by atoms with E-state index < -0.39 is 25.0 Å². The van der Waals surface area contributed by atoms with Gasteiger partial charge in [0.05, 0.1) is 34.9 Å². The SMILES string of the molecule is COc1ccc(N2CCN(S(=O)(=O)c3ccc4c(c3)CCCN4S(C)(=O)=O)CC2)c([N+](=O)[O-])c1. The molecule has 0 bridgehead atoms. The van der Waals surface area contributed by atoms with Gasteiger partial charge in [-0.25, -0.2) is 16.8 Å². The summed E-state index contributed by atoms with van der Waals surface area (Å²) in [6.45, 7) is 1.28. The molecule has 2 aromatic rings. The predicted octanol–water partition coefficient (Wildman–Crippen LogP) is 1.83. The highest BCUT2D eigenvalue weighted by Gasteiger charge is 2.32. The number of hydrogen-bond donors (Lipinski definition) is 0. The monoisotopic (exact) mass is 510 g/mol. The molecule has 0 unspecified atom stereocenters. The zero-order chi connectivity index (χ0) is 24.7. The first-order chi connectivity index (χ1) is 16.0. The Bertz CT molecular complexity index is 1320. The highest BCUT2D eigenvalue weighted by Crippen LogP contribution is 2.34. The van der Waals surface area contributed by atoms with E-state index in [1.165, 1.54) is 27.9 Å². The summed E-state index contributed by atoms with van der Waals surface area (Å²) in [5.41, 5.74) is 1.52. The van der Waals surface area contributed by atoms with Crippen LogP contribution < -0.4 is 13.9 Å². The first-order valence-corrected chi connectivity index (χ1v) is 14.0. The van der Waals surface area contributed by atoms with Crippen molar-refractivity contribution in [3.05, 3.63) is 52.1 Å². The van der Waals surface area contributed by atoms with Crippen LogP contribution in [0, 0.1) is 10.1 Å². The molecule has 184 valence electrons. The van der Waals surface area contributed by atoms with Crippen LogP contribution in [0.15, 0.2) is 41.3 Å². The number of fused-ring (bicyclic) bond motifs is 1. The third kappa shape index (κ3) is 4.55. The van der Waals surface area contributed by atoms with Crippen LogP contribution >= 0.6 is 0 Å². The number of nitrogens with zero attached hydrogens (tertiary/aromatic N) is 4. The fraction of sp³-hybridized carbons (Fsp3) is 0.429. The van der Waals surface area contributed by atoms with Gasteiger partial charge in [0.15, 0.2) is 0 Å². The molecular formula is C21H26N4O7S2. The van der Waals surface area contributed by atoms with E-state index in [-0.39, 0.29) is 23.7 Å². The summed E-state index contributed by atoms with van der Waals surface area (Å²) in [7, 11) is -5.82. The summed E-state index contributed by atoms with van der Waals surface area (Å²) in [6, 6.07) is 9.16. The van der Waals surface area contributed by atoms with Gasteiger partial charge in [-0.3, -0.25) is 14.4 Å². The molecule has 2 heterocycles. The Morgan fingerprint density at radius 1 is 0.941 bits per heavy atom. The summed E-state index contributed by atoms with van der Waals surface area (Å²) in [5.74, 6) is 0.374. The van der Waals surface area contributed by atoms with Gasteiger partial charge in [-0.1, -0.05) is 0 Å². The van der Waals surface area contributed by atoms with E-state index in [0.717, 1.165) is 6.26 Å². The molecule has 2 aliphatic heterocycles. The van der Waals surface area contributed by atoms with E-state index in [1.54, 1.807) is 29.2 Å². The quantitative estimate of drug-likeness (QED) is 0.425. The highest BCUT2D eigenvalue weighted by atomic mass is 32.2. The molecule has 13 heteroatoms. The Morgan fingerprint density at radius 3 is 2.24 bits per heavy atom.